The van der Waals surface area contributed by atoms with E-state index in [0.717, 1.165) is 0 Å². The van der Waals surface area contributed by atoms with Gasteiger partial charge in [0, 0.05) is 12.7 Å². The Morgan fingerprint density at radius 1 is 1.33 bits per heavy atom. The smallest absolute Gasteiger partial charge is 0.166 e. The van der Waals surface area contributed by atoms with Gasteiger partial charge in [0.1, 0.15) is 0 Å². The van der Waals surface area contributed by atoms with Crippen LogP contribution in [-0.4, -0.2) is 11.5 Å². The molecule has 0 spiro atoms. The number of benzene rings is 1. The summed E-state index contributed by atoms with van der Waals surface area (Å²) in [6.07, 6.45) is 1.43. The van der Waals surface area contributed by atoms with Crippen molar-refractivity contribution in [3.63, 3.8) is 0 Å². The van der Waals surface area contributed by atoms with E-state index < -0.39 is 5.82 Å². The summed E-state index contributed by atoms with van der Waals surface area (Å²) in [5.41, 5.74) is 1.21. The van der Waals surface area contributed by atoms with Crippen molar-refractivity contribution in [3.05, 3.63) is 59.0 Å². The number of aromatic nitrogens is 1. The van der Waals surface area contributed by atoms with Crippen LogP contribution in [0.25, 0.3) is 0 Å². The lowest BCUT2D eigenvalue weighted by atomic mass is 10.0. The topological polar surface area (TPSA) is 24.9 Å². The maximum Gasteiger partial charge on any atom is 0.166 e. The van der Waals surface area contributed by atoms with Crippen molar-refractivity contribution in [2.24, 2.45) is 0 Å². The summed E-state index contributed by atoms with van der Waals surface area (Å²) in [5.74, 6) is 0.0908. The zero-order chi connectivity index (χ0) is 13.0. The van der Waals surface area contributed by atoms with Gasteiger partial charge < -0.3 is 5.32 Å². The minimum Gasteiger partial charge on any atom is -0.367 e. The molecule has 1 atom stereocenters. The van der Waals surface area contributed by atoms with Crippen LogP contribution in [0.15, 0.2) is 42.6 Å². The first-order valence-corrected chi connectivity index (χ1v) is 6.14. The minimum atomic E-state index is -0.428. The van der Waals surface area contributed by atoms with Gasteiger partial charge in [0.2, 0.25) is 0 Å². The van der Waals surface area contributed by atoms with Crippen molar-refractivity contribution in [2.45, 2.75) is 12.8 Å². The quantitative estimate of drug-likeness (QED) is 0.900. The first-order valence-electron chi connectivity index (χ1n) is 5.76. The molecule has 2 nitrogen and oxygen atoms in total. The van der Waals surface area contributed by atoms with E-state index in [4.69, 9.17) is 11.6 Å². The van der Waals surface area contributed by atoms with Crippen molar-refractivity contribution in [2.75, 3.05) is 11.9 Å². The molecule has 2 aromatic rings. The third-order valence-corrected chi connectivity index (χ3v) is 2.96. The van der Waals surface area contributed by atoms with E-state index in [-0.39, 0.29) is 11.7 Å². The average Bonchev–Trinajstić information content (AvgIpc) is 2.38. The van der Waals surface area contributed by atoms with Gasteiger partial charge in [-0.3, -0.25) is 0 Å². The standard InChI is InChI=1S/C14H14ClFN2/c1-10(11-5-3-2-4-6-11)8-17-14-13(16)7-12(15)9-18-14/h2-7,9-10H,8H2,1H3,(H,17,18). The zero-order valence-electron chi connectivity index (χ0n) is 10.0. The molecule has 0 aliphatic carbocycles. The molecule has 0 amide bonds. The second kappa shape index (κ2) is 5.83. The third-order valence-electron chi connectivity index (χ3n) is 2.75. The van der Waals surface area contributed by atoms with E-state index in [2.05, 4.69) is 29.4 Å². The zero-order valence-corrected chi connectivity index (χ0v) is 10.8. The molecule has 1 N–H and O–H groups in total. The molecule has 18 heavy (non-hydrogen) atoms. The number of halogens is 2. The van der Waals surface area contributed by atoms with Crippen LogP contribution < -0.4 is 5.32 Å². The average molecular weight is 265 g/mol. The number of nitrogens with zero attached hydrogens (tertiary/aromatic N) is 1. The van der Waals surface area contributed by atoms with Crippen LogP contribution in [0.4, 0.5) is 10.2 Å². The van der Waals surface area contributed by atoms with E-state index >= 15 is 0 Å². The monoisotopic (exact) mass is 264 g/mol. The van der Waals surface area contributed by atoms with Crippen LogP contribution in [0.3, 0.4) is 0 Å². The van der Waals surface area contributed by atoms with Crippen LogP contribution in [0.2, 0.25) is 5.02 Å². The number of hydrogen-bond donors (Lipinski definition) is 1. The molecule has 1 aromatic heterocycles. The lowest BCUT2D eigenvalue weighted by molar-refractivity contribution is 0.622. The fourth-order valence-corrected chi connectivity index (χ4v) is 1.84. The summed E-state index contributed by atoms with van der Waals surface area (Å²) >= 11 is 5.65. The summed E-state index contributed by atoms with van der Waals surface area (Å²) in [6, 6.07) is 11.3. The van der Waals surface area contributed by atoms with Crippen LogP contribution in [0.5, 0.6) is 0 Å². The fraction of sp³-hybridized carbons (Fsp3) is 0.214. The van der Waals surface area contributed by atoms with Gasteiger partial charge >= 0.3 is 0 Å². The van der Waals surface area contributed by atoms with Crippen molar-refractivity contribution < 1.29 is 4.39 Å². The molecule has 1 unspecified atom stereocenters. The molecule has 2 rings (SSSR count). The van der Waals surface area contributed by atoms with Gasteiger partial charge in [0.15, 0.2) is 11.6 Å². The molecule has 0 radical (unpaired) electrons. The highest BCUT2D eigenvalue weighted by Crippen LogP contribution is 2.18. The highest BCUT2D eigenvalue weighted by atomic mass is 35.5. The highest BCUT2D eigenvalue weighted by Gasteiger charge is 2.08. The molecule has 0 fully saturated rings. The van der Waals surface area contributed by atoms with Crippen molar-refractivity contribution in [3.8, 4) is 0 Å². The Morgan fingerprint density at radius 2 is 2.06 bits per heavy atom. The molecule has 1 heterocycles. The van der Waals surface area contributed by atoms with Crippen LogP contribution in [-0.2, 0) is 0 Å². The molecule has 94 valence electrons. The summed E-state index contributed by atoms with van der Waals surface area (Å²) in [7, 11) is 0. The molecule has 0 aliphatic rings. The Labute approximate surface area is 111 Å². The fourth-order valence-electron chi connectivity index (χ4n) is 1.69. The number of anilines is 1. The first-order chi connectivity index (χ1) is 8.66. The van der Waals surface area contributed by atoms with E-state index in [1.165, 1.54) is 17.8 Å². The predicted octanol–water partition coefficient (Wildman–Crippen LogP) is 4.09. The van der Waals surface area contributed by atoms with Crippen LogP contribution in [0, 0.1) is 5.82 Å². The molecule has 4 heteroatoms. The maximum atomic E-state index is 13.5. The van der Waals surface area contributed by atoms with Crippen LogP contribution >= 0.6 is 11.6 Å². The SMILES string of the molecule is CC(CNc1ncc(Cl)cc1F)c1ccccc1. The largest absolute Gasteiger partial charge is 0.367 e. The highest BCUT2D eigenvalue weighted by molar-refractivity contribution is 6.30. The summed E-state index contributed by atoms with van der Waals surface area (Å²) in [4.78, 5) is 3.93. The Bertz CT molecular complexity index is 516. The lowest BCUT2D eigenvalue weighted by Crippen LogP contribution is -2.11. The van der Waals surface area contributed by atoms with Crippen LogP contribution in [0.1, 0.15) is 18.4 Å². The van der Waals surface area contributed by atoms with Crippen molar-refractivity contribution in [1.29, 1.82) is 0 Å². The van der Waals surface area contributed by atoms with E-state index in [1.807, 2.05) is 18.2 Å². The Balaban J connectivity index is 1.99. The third kappa shape index (κ3) is 3.20. The number of nitrogens with one attached hydrogen (secondary N) is 1. The summed E-state index contributed by atoms with van der Waals surface area (Å²) in [5, 5.41) is 3.29. The van der Waals surface area contributed by atoms with Crippen molar-refractivity contribution in [1.82, 2.24) is 4.98 Å². The molecular weight excluding hydrogens is 251 g/mol. The Morgan fingerprint density at radius 3 is 2.72 bits per heavy atom. The lowest BCUT2D eigenvalue weighted by Gasteiger charge is -2.13. The number of rotatable bonds is 4. The van der Waals surface area contributed by atoms with Gasteiger partial charge in [-0.15, -0.1) is 0 Å². The van der Waals surface area contributed by atoms with E-state index in [0.29, 0.717) is 11.6 Å². The van der Waals surface area contributed by atoms with E-state index in [1.54, 1.807) is 0 Å². The molecule has 0 saturated carbocycles. The number of pyridine rings is 1. The summed E-state index contributed by atoms with van der Waals surface area (Å²) < 4.78 is 13.5. The van der Waals surface area contributed by atoms with Gasteiger partial charge in [-0.2, -0.15) is 0 Å². The second-order valence-electron chi connectivity index (χ2n) is 4.18. The molecule has 0 bridgehead atoms. The molecule has 0 aliphatic heterocycles. The maximum absolute atomic E-state index is 13.5. The predicted molar refractivity (Wildman–Crippen MR) is 72.6 cm³/mol. The summed E-state index contributed by atoms with van der Waals surface area (Å²) in [6.45, 7) is 2.70. The van der Waals surface area contributed by atoms with Gasteiger partial charge in [-0.25, -0.2) is 9.37 Å². The minimum absolute atomic E-state index is 0.238. The van der Waals surface area contributed by atoms with Crippen molar-refractivity contribution >= 4 is 17.4 Å². The normalized spacial score (nSPS) is 12.2. The van der Waals surface area contributed by atoms with Gasteiger partial charge in [-0.05, 0) is 17.5 Å². The Kier molecular flexibility index (Phi) is 4.15. The number of hydrogen-bond acceptors (Lipinski definition) is 2. The van der Waals surface area contributed by atoms with Gasteiger partial charge in [-0.1, -0.05) is 48.9 Å². The van der Waals surface area contributed by atoms with Gasteiger partial charge in [0.25, 0.3) is 0 Å². The molecule has 0 saturated heterocycles. The van der Waals surface area contributed by atoms with E-state index in [9.17, 15) is 4.39 Å². The molecule has 1 aromatic carbocycles. The first kappa shape index (κ1) is 12.8. The van der Waals surface area contributed by atoms with Gasteiger partial charge in [0.05, 0.1) is 5.02 Å². The molecular formula is C14H14ClFN2. The Hall–Kier alpha value is -1.61. The second-order valence-corrected chi connectivity index (χ2v) is 4.61.